The number of nitrogens with two attached hydrogens (primary N) is 1. The number of piperidine rings is 1. The Kier molecular flexibility index (Phi) is 5.84. The van der Waals surface area contributed by atoms with E-state index in [0.29, 0.717) is 5.92 Å². The molecule has 3 N–H and O–H groups in total. The molecule has 0 aromatic heterocycles. The molecule has 1 saturated heterocycles. The Morgan fingerprint density at radius 1 is 1.04 bits per heavy atom. The van der Waals surface area contributed by atoms with Crippen LogP contribution in [0.1, 0.15) is 18.4 Å². The standard InChI is InChI=1S/C21H26N2O2/c22-20(15-24)21(25)23-12-10-17(11-13-23)14-16-6-8-19(9-7-16)18-4-2-1-3-5-18/h1-9,17,20,24H,10-15,22H2/t20-/m1/s1. The Labute approximate surface area is 149 Å². The number of nitrogens with zero attached hydrogens (tertiary/aromatic N) is 1. The van der Waals surface area contributed by atoms with Crippen molar-refractivity contribution in [3.05, 3.63) is 60.2 Å². The Morgan fingerprint density at radius 3 is 2.24 bits per heavy atom. The van der Waals surface area contributed by atoms with E-state index < -0.39 is 6.04 Å². The Morgan fingerprint density at radius 2 is 1.64 bits per heavy atom. The van der Waals surface area contributed by atoms with Crippen LogP contribution in [0.2, 0.25) is 0 Å². The van der Waals surface area contributed by atoms with Crippen molar-refractivity contribution in [2.45, 2.75) is 25.3 Å². The van der Waals surface area contributed by atoms with Gasteiger partial charge in [0.15, 0.2) is 0 Å². The van der Waals surface area contributed by atoms with Crippen LogP contribution in [0, 0.1) is 5.92 Å². The first-order chi connectivity index (χ1) is 12.2. The van der Waals surface area contributed by atoms with Crippen molar-refractivity contribution in [1.29, 1.82) is 0 Å². The third kappa shape index (κ3) is 4.47. The fourth-order valence-electron chi connectivity index (χ4n) is 3.47. The quantitative estimate of drug-likeness (QED) is 0.880. The van der Waals surface area contributed by atoms with Gasteiger partial charge in [-0.3, -0.25) is 4.79 Å². The zero-order valence-corrected chi connectivity index (χ0v) is 14.5. The average Bonchev–Trinajstić information content (AvgIpc) is 2.68. The lowest BCUT2D eigenvalue weighted by Crippen LogP contribution is -2.48. The highest BCUT2D eigenvalue weighted by atomic mass is 16.3. The number of aliphatic hydroxyl groups is 1. The molecule has 4 heteroatoms. The SMILES string of the molecule is N[C@H](CO)C(=O)N1CCC(Cc2ccc(-c3ccccc3)cc2)CC1. The molecular formula is C21H26N2O2. The molecule has 1 amide bonds. The van der Waals surface area contributed by atoms with Gasteiger partial charge in [-0.1, -0.05) is 54.6 Å². The second-order valence-electron chi connectivity index (χ2n) is 6.82. The summed E-state index contributed by atoms with van der Waals surface area (Å²) in [5.74, 6) is 0.463. The van der Waals surface area contributed by atoms with Gasteiger partial charge >= 0.3 is 0 Å². The normalized spacial score (nSPS) is 16.6. The zero-order chi connectivity index (χ0) is 17.6. The number of likely N-dealkylation sites (tertiary alicyclic amines) is 1. The summed E-state index contributed by atoms with van der Waals surface area (Å²) in [6.07, 6.45) is 3.03. The number of aliphatic hydroxyl groups excluding tert-OH is 1. The van der Waals surface area contributed by atoms with Gasteiger partial charge in [0.2, 0.25) is 5.91 Å². The van der Waals surface area contributed by atoms with E-state index in [1.165, 1.54) is 16.7 Å². The van der Waals surface area contributed by atoms with Crippen molar-refractivity contribution in [1.82, 2.24) is 4.90 Å². The molecule has 25 heavy (non-hydrogen) atoms. The molecule has 132 valence electrons. The van der Waals surface area contributed by atoms with E-state index in [2.05, 4.69) is 48.5 Å². The minimum atomic E-state index is -0.776. The van der Waals surface area contributed by atoms with Crippen molar-refractivity contribution in [3.8, 4) is 11.1 Å². The van der Waals surface area contributed by atoms with Crippen LogP contribution in [0.4, 0.5) is 0 Å². The molecule has 0 bridgehead atoms. The Hall–Kier alpha value is -2.17. The van der Waals surface area contributed by atoms with Gasteiger partial charge in [-0.15, -0.1) is 0 Å². The van der Waals surface area contributed by atoms with E-state index in [4.69, 9.17) is 10.8 Å². The monoisotopic (exact) mass is 338 g/mol. The van der Waals surface area contributed by atoms with Crippen molar-refractivity contribution in [2.24, 2.45) is 11.7 Å². The molecule has 1 aliphatic rings. The lowest BCUT2D eigenvalue weighted by atomic mass is 9.89. The first kappa shape index (κ1) is 17.6. The highest BCUT2D eigenvalue weighted by Gasteiger charge is 2.25. The molecule has 2 aromatic carbocycles. The summed E-state index contributed by atoms with van der Waals surface area (Å²) < 4.78 is 0. The van der Waals surface area contributed by atoms with Gasteiger partial charge in [0.05, 0.1) is 6.61 Å². The van der Waals surface area contributed by atoms with Crippen molar-refractivity contribution in [2.75, 3.05) is 19.7 Å². The van der Waals surface area contributed by atoms with Crippen LogP contribution in [-0.4, -0.2) is 41.7 Å². The van der Waals surface area contributed by atoms with Gasteiger partial charge in [0, 0.05) is 13.1 Å². The number of carbonyl (C=O) groups excluding carboxylic acids is 1. The summed E-state index contributed by atoms with van der Waals surface area (Å²) in [5, 5.41) is 9.01. The first-order valence-corrected chi connectivity index (χ1v) is 8.97. The summed E-state index contributed by atoms with van der Waals surface area (Å²) >= 11 is 0. The fourth-order valence-corrected chi connectivity index (χ4v) is 3.47. The van der Waals surface area contributed by atoms with Gasteiger partial charge in [-0.2, -0.15) is 0 Å². The summed E-state index contributed by atoms with van der Waals surface area (Å²) in [7, 11) is 0. The van der Waals surface area contributed by atoms with Gasteiger partial charge in [-0.25, -0.2) is 0 Å². The molecular weight excluding hydrogens is 312 g/mol. The van der Waals surface area contributed by atoms with Gasteiger partial charge < -0.3 is 15.7 Å². The predicted molar refractivity (Wildman–Crippen MR) is 99.9 cm³/mol. The highest BCUT2D eigenvalue weighted by molar-refractivity contribution is 5.81. The second-order valence-corrected chi connectivity index (χ2v) is 6.82. The molecule has 1 fully saturated rings. The molecule has 0 aliphatic carbocycles. The number of amides is 1. The minimum Gasteiger partial charge on any atom is -0.394 e. The Bertz CT molecular complexity index is 677. The molecule has 4 nitrogen and oxygen atoms in total. The predicted octanol–water partition coefficient (Wildman–Crippen LogP) is 2.45. The number of rotatable bonds is 5. The molecule has 1 atom stereocenters. The number of benzene rings is 2. The van der Waals surface area contributed by atoms with E-state index in [-0.39, 0.29) is 12.5 Å². The number of hydrogen-bond acceptors (Lipinski definition) is 3. The maximum atomic E-state index is 12.0. The largest absolute Gasteiger partial charge is 0.394 e. The third-order valence-corrected chi connectivity index (χ3v) is 5.03. The molecule has 0 unspecified atom stereocenters. The zero-order valence-electron chi connectivity index (χ0n) is 14.5. The molecule has 1 heterocycles. The van der Waals surface area contributed by atoms with Gasteiger partial charge in [0.1, 0.15) is 6.04 Å². The molecule has 0 saturated carbocycles. The van der Waals surface area contributed by atoms with Crippen molar-refractivity contribution >= 4 is 5.91 Å². The fraction of sp³-hybridized carbons (Fsp3) is 0.381. The van der Waals surface area contributed by atoms with Crippen LogP contribution in [0.5, 0.6) is 0 Å². The maximum absolute atomic E-state index is 12.0. The second kappa shape index (κ2) is 8.28. The summed E-state index contributed by atoms with van der Waals surface area (Å²) in [6, 6.07) is 18.4. The lowest BCUT2D eigenvalue weighted by molar-refractivity contribution is -0.134. The van der Waals surface area contributed by atoms with Crippen molar-refractivity contribution in [3.63, 3.8) is 0 Å². The topological polar surface area (TPSA) is 66.6 Å². The lowest BCUT2D eigenvalue weighted by Gasteiger charge is -2.33. The Balaban J connectivity index is 1.53. The van der Waals surface area contributed by atoms with Crippen LogP contribution < -0.4 is 5.73 Å². The average molecular weight is 338 g/mol. The molecule has 0 spiro atoms. The van der Waals surface area contributed by atoms with Crippen LogP contribution in [0.3, 0.4) is 0 Å². The number of hydrogen-bond donors (Lipinski definition) is 2. The van der Waals surface area contributed by atoms with Gasteiger partial charge in [0.25, 0.3) is 0 Å². The van der Waals surface area contributed by atoms with Gasteiger partial charge in [-0.05, 0) is 41.9 Å². The smallest absolute Gasteiger partial charge is 0.241 e. The maximum Gasteiger partial charge on any atom is 0.241 e. The van der Waals surface area contributed by atoms with Crippen LogP contribution >= 0.6 is 0 Å². The van der Waals surface area contributed by atoms with Crippen molar-refractivity contribution < 1.29 is 9.90 Å². The van der Waals surface area contributed by atoms with E-state index in [1.807, 2.05) is 6.07 Å². The van der Waals surface area contributed by atoms with E-state index >= 15 is 0 Å². The van der Waals surface area contributed by atoms with E-state index in [0.717, 1.165) is 32.4 Å². The summed E-state index contributed by atoms with van der Waals surface area (Å²) in [5.41, 5.74) is 9.45. The third-order valence-electron chi connectivity index (χ3n) is 5.03. The van der Waals surface area contributed by atoms with E-state index in [1.54, 1.807) is 4.90 Å². The van der Waals surface area contributed by atoms with Crippen LogP contribution in [0.25, 0.3) is 11.1 Å². The summed E-state index contributed by atoms with van der Waals surface area (Å²) in [6.45, 7) is 1.19. The first-order valence-electron chi connectivity index (χ1n) is 8.97. The number of carbonyl (C=O) groups is 1. The molecule has 1 aliphatic heterocycles. The molecule has 2 aromatic rings. The van der Waals surface area contributed by atoms with Crippen LogP contribution in [-0.2, 0) is 11.2 Å². The molecule has 0 radical (unpaired) electrons. The van der Waals surface area contributed by atoms with E-state index in [9.17, 15) is 4.79 Å². The molecule has 3 rings (SSSR count). The highest BCUT2D eigenvalue weighted by Crippen LogP contribution is 2.24. The minimum absolute atomic E-state index is 0.131. The summed E-state index contributed by atoms with van der Waals surface area (Å²) in [4.78, 5) is 13.8. The van der Waals surface area contributed by atoms with Crippen LogP contribution in [0.15, 0.2) is 54.6 Å².